The molecule has 1 fully saturated rings. The lowest BCUT2D eigenvalue weighted by atomic mass is 10.1. The molecule has 0 saturated carbocycles. The van der Waals surface area contributed by atoms with E-state index < -0.39 is 0 Å². The molecule has 1 unspecified atom stereocenters. The minimum atomic E-state index is 0.0701. The Balaban J connectivity index is 2.01. The number of terminal acetylenes is 1. The molecular formula is C14H15NO2. The van der Waals surface area contributed by atoms with Gasteiger partial charge in [-0.2, -0.15) is 0 Å². The van der Waals surface area contributed by atoms with Crippen LogP contribution >= 0.6 is 0 Å². The summed E-state index contributed by atoms with van der Waals surface area (Å²) in [6, 6.07) is 7.73. The predicted molar refractivity (Wildman–Crippen MR) is 65.4 cm³/mol. The van der Waals surface area contributed by atoms with E-state index in [-0.39, 0.29) is 11.8 Å². The van der Waals surface area contributed by atoms with Gasteiger partial charge >= 0.3 is 0 Å². The van der Waals surface area contributed by atoms with Gasteiger partial charge in [-0.05, 0) is 17.7 Å². The van der Waals surface area contributed by atoms with Crippen molar-refractivity contribution in [1.82, 2.24) is 4.90 Å². The topological polar surface area (TPSA) is 29.5 Å². The van der Waals surface area contributed by atoms with Crippen LogP contribution in [-0.4, -0.2) is 24.5 Å². The van der Waals surface area contributed by atoms with Gasteiger partial charge in [-0.25, -0.2) is 0 Å². The van der Waals surface area contributed by atoms with E-state index in [1.54, 1.807) is 7.11 Å². The molecule has 1 aliphatic heterocycles. The number of carbonyl (C=O) groups excluding carboxylic acids is 1. The van der Waals surface area contributed by atoms with Crippen LogP contribution in [0.1, 0.15) is 12.0 Å². The minimum absolute atomic E-state index is 0.0701. The molecular weight excluding hydrogens is 214 g/mol. The number of carbonyl (C=O) groups is 1. The van der Waals surface area contributed by atoms with Crippen LogP contribution in [0.4, 0.5) is 0 Å². The summed E-state index contributed by atoms with van der Waals surface area (Å²) in [5, 5.41) is 0. The highest BCUT2D eigenvalue weighted by Crippen LogP contribution is 2.20. The van der Waals surface area contributed by atoms with Gasteiger partial charge in [0.05, 0.1) is 7.11 Å². The van der Waals surface area contributed by atoms with Gasteiger partial charge in [-0.15, -0.1) is 12.3 Å². The third kappa shape index (κ3) is 2.59. The van der Waals surface area contributed by atoms with Crippen molar-refractivity contribution < 1.29 is 9.53 Å². The summed E-state index contributed by atoms with van der Waals surface area (Å²) in [5.74, 6) is 3.68. The van der Waals surface area contributed by atoms with Gasteiger partial charge in [0.2, 0.25) is 5.91 Å². The van der Waals surface area contributed by atoms with Crippen LogP contribution in [-0.2, 0) is 11.3 Å². The highest BCUT2D eigenvalue weighted by molar-refractivity contribution is 5.79. The number of nitrogens with zero attached hydrogens (tertiary/aromatic N) is 1. The van der Waals surface area contributed by atoms with Crippen LogP contribution in [0.2, 0.25) is 0 Å². The monoisotopic (exact) mass is 229 g/mol. The third-order valence-electron chi connectivity index (χ3n) is 2.98. The number of rotatable bonds is 3. The second-order valence-corrected chi connectivity index (χ2v) is 4.19. The van der Waals surface area contributed by atoms with Crippen molar-refractivity contribution in [2.45, 2.75) is 13.0 Å². The zero-order valence-electron chi connectivity index (χ0n) is 9.85. The van der Waals surface area contributed by atoms with Crippen LogP contribution in [0.15, 0.2) is 24.3 Å². The first-order chi connectivity index (χ1) is 8.22. The van der Waals surface area contributed by atoms with Gasteiger partial charge < -0.3 is 9.64 Å². The van der Waals surface area contributed by atoms with E-state index >= 15 is 0 Å². The lowest BCUT2D eigenvalue weighted by Crippen LogP contribution is -2.24. The molecule has 88 valence electrons. The van der Waals surface area contributed by atoms with Crippen molar-refractivity contribution in [2.24, 2.45) is 5.92 Å². The fourth-order valence-corrected chi connectivity index (χ4v) is 1.99. The maximum atomic E-state index is 11.7. The van der Waals surface area contributed by atoms with Crippen LogP contribution < -0.4 is 4.74 Å². The average molecular weight is 229 g/mol. The van der Waals surface area contributed by atoms with Crippen molar-refractivity contribution in [3.63, 3.8) is 0 Å². The summed E-state index contributed by atoms with van der Waals surface area (Å²) in [5.41, 5.74) is 1.09. The van der Waals surface area contributed by atoms with Crippen molar-refractivity contribution in [3.05, 3.63) is 29.8 Å². The number of hydrogen-bond acceptors (Lipinski definition) is 2. The molecule has 1 atom stereocenters. The van der Waals surface area contributed by atoms with Crippen molar-refractivity contribution in [3.8, 4) is 18.1 Å². The summed E-state index contributed by atoms with van der Waals surface area (Å²) in [6.07, 6.45) is 5.82. The molecule has 1 aromatic carbocycles. The Kier molecular flexibility index (Phi) is 3.34. The van der Waals surface area contributed by atoms with E-state index in [1.165, 1.54) is 0 Å². The number of amides is 1. The zero-order chi connectivity index (χ0) is 12.3. The highest BCUT2D eigenvalue weighted by Gasteiger charge is 2.27. The van der Waals surface area contributed by atoms with E-state index in [4.69, 9.17) is 11.2 Å². The molecule has 17 heavy (non-hydrogen) atoms. The highest BCUT2D eigenvalue weighted by atomic mass is 16.5. The molecule has 1 saturated heterocycles. The number of hydrogen-bond donors (Lipinski definition) is 0. The fraction of sp³-hybridized carbons (Fsp3) is 0.357. The van der Waals surface area contributed by atoms with E-state index in [0.29, 0.717) is 19.5 Å². The first-order valence-corrected chi connectivity index (χ1v) is 5.59. The first-order valence-electron chi connectivity index (χ1n) is 5.59. The lowest BCUT2D eigenvalue weighted by molar-refractivity contribution is -0.128. The molecule has 3 nitrogen and oxygen atoms in total. The van der Waals surface area contributed by atoms with Gasteiger partial charge in [0.15, 0.2) is 0 Å². The van der Waals surface area contributed by atoms with E-state index in [9.17, 15) is 4.79 Å². The minimum Gasteiger partial charge on any atom is -0.497 e. The number of likely N-dealkylation sites (tertiary alicyclic amines) is 1. The van der Waals surface area contributed by atoms with Gasteiger partial charge in [0.1, 0.15) is 5.75 Å². The van der Waals surface area contributed by atoms with Crippen LogP contribution in [0.5, 0.6) is 5.75 Å². The number of ether oxygens (including phenoxy) is 1. The van der Waals surface area contributed by atoms with Gasteiger partial charge in [-0.3, -0.25) is 4.79 Å². The second kappa shape index (κ2) is 4.92. The van der Waals surface area contributed by atoms with Gasteiger partial charge in [0, 0.05) is 25.4 Å². The molecule has 1 heterocycles. The smallest absolute Gasteiger partial charge is 0.224 e. The summed E-state index contributed by atoms with van der Waals surface area (Å²) in [7, 11) is 1.64. The molecule has 1 aliphatic rings. The average Bonchev–Trinajstić information content (AvgIpc) is 2.71. The van der Waals surface area contributed by atoms with Crippen LogP contribution in [0.25, 0.3) is 0 Å². The maximum absolute atomic E-state index is 11.7. The SMILES string of the molecule is C#CC1CC(=O)N(Cc2ccc(OC)cc2)C1. The molecule has 0 aliphatic carbocycles. The fourth-order valence-electron chi connectivity index (χ4n) is 1.99. The Morgan fingerprint density at radius 1 is 1.47 bits per heavy atom. The summed E-state index contributed by atoms with van der Waals surface area (Å²) >= 11 is 0. The second-order valence-electron chi connectivity index (χ2n) is 4.19. The third-order valence-corrected chi connectivity index (χ3v) is 2.98. The summed E-state index contributed by atoms with van der Waals surface area (Å²) < 4.78 is 5.09. The maximum Gasteiger partial charge on any atom is 0.224 e. The van der Waals surface area contributed by atoms with Gasteiger partial charge in [0.25, 0.3) is 0 Å². The van der Waals surface area contributed by atoms with Crippen molar-refractivity contribution >= 4 is 5.91 Å². The van der Waals surface area contributed by atoms with E-state index in [1.807, 2.05) is 29.2 Å². The Labute approximate surface area is 101 Å². The molecule has 3 heteroatoms. The standard InChI is InChI=1S/C14H15NO2/c1-3-11-8-14(16)15(9-11)10-12-4-6-13(17-2)7-5-12/h1,4-7,11H,8-10H2,2H3. The van der Waals surface area contributed by atoms with Crippen LogP contribution in [0, 0.1) is 18.3 Å². The molecule has 0 radical (unpaired) electrons. The predicted octanol–water partition coefficient (Wildman–Crippen LogP) is 1.68. The Morgan fingerprint density at radius 3 is 2.71 bits per heavy atom. The molecule has 1 amide bonds. The molecule has 2 rings (SSSR count). The summed E-state index contributed by atoms with van der Waals surface area (Å²) in [6.45, 7) is 1.29. The molecule has 0 spiro atoms. The number of benzene rings is 1. The van der Waals surface area contributed by atoms with E-state index in [0.717, 1.165) is 11.3 Å². The van der Waals surface area contributed by atoms with E-state index in [2.05, 4.69) is 5.92 Å². The zero-order valence-corrected chi connectivity index (χ0v) is 9.85. The molecule has 0 bridgehead atoms. The quantitative estimate of drug-likeness (QED) is 0.738. The molecule has 1 aromatic rings. The van der Waals surface area contributed by atoms with Crippen molar-refractivity contribution in [2.75, 3.05) is 13.7 Å². The summed E-state index contributed by atoms with van der Waals surface area (Å²) in [4.78, 5) is 13.5. The number of methoxy groups -OCH3 is 1. The Bertz CT molecular complexity index is 444. The van der Waals surface area contributed by atoms with Gasteiger partial charge in [-0.1, -0.05) is 12.1 Å². The molecule has 0 aromatic heterocycles. The van der Waals surface area contributed by atoms with Crippen LogP contribution in [0.3, 0.4) is 0 Å². The van der Waals surface area contributed by atoms with Crippen molar-refractivity contribution in [1.29, 1.82) is 0 Å². The molecule has 0 N–H and O–H groups in total. The normalized spacial score (nSPS) is 19.2. The lowest BCUT2D eigenvalue weighted by Gasteiger charge is -2.15. The Hall–Kier alpha value is -1.95. The first kappa shape index (κ1) is 11.5. The largest absolute Gasteiger partial charge is 0.497 e. The Morgan fingerprint density at radius 2 is 2.18 bits per heavy atom.